The molecule has 0 N–H and O–H groups in total. The van der Waals surface area contributed by atoms with Crippen LogP contribution in [0.4, 0.5) is 0 Å². The topological polar surface area (TPSA) is 17.1 Å². The molecule has 0 aromatic heterocycles. The van der Waals surface area contributed by atoms with Crippen LogP contribution < -0.4 is 0 Å². The zero-order chi connectivity index (χ0) is 15.5. The molecule has 0 heterocycles. The number of carbonyl (C=O) groups is 1. The first kappa shape index (κ1) is 16.3. The molecule has 1 nitrogen and oxygen atoms in total. The van der Waals surface area contributed by atoms with Crippen molar-refractivity contribution in [3.63, 3.8) is 0 Å². The zero-order valence-corrected chi connectivity index (χ0v) is 14.5. The maximum atomic E-state index is 13.0. The van der Waals surface area contributed by atoms with Crippen molar-refractivity contribution < 1.29 is 4.79 Å². The molecule has 2 rings (SSSR count). The van der Waals surface area contributed by atoms with Crippen LogP contribution in [0.3, 0.4) is 0 Å². The van der Waals surface area contributed by atoms with Gasteiger partial charge in [0.25, 0.3) is 0 Å². The van der Waals surface area contributed by atoms with Gasteiger partial charge < -0.3 is 0 Å². The minimum Gasteiger partial charge on any atom is -0.292 e. The van der Waals surface area contributed by atoms with E-state index in [-0.39, 0.29) is 5.78 Å². The van der Waals surface area contributed by atoms with Crippen LogP contribution in [0.15, 0.2) is 54.6 Å². The number of benzene rings is 2. The highest BCUT2D eigenvalue weighted by molar-refractivity contribution is 9.10. The van der Waals surface area contributed by atoms with E-state index in [1.54, 1.807) is 0 Å². The summed E-state index contributed by atoms with van der Waals surface area (Å²) in [6.45, 7) is 4.22. The molecule has 2 aromatic carbocycles. The van der Waals surface area contributed by atoms with Gasteiger partial charge in [-0.3, -0.25) is 4.79 Å². The van der Waals surface area contributed by atoms with Gasteiger partial charge in [-0.05, 0) is 30.0 Å². The predicted octanol–water partition coefficient (Wildman–Crippen LogP) is 5.86. The Labute approximate surface area is 139 Å². The number of hydrogen-bond donors (Lipinski definition) is 0. The predicted molar refractivity (Wildman–Crippen MR) is 92.3 cm³/mol. The number of alkyl halides is 1. The summed E-state index contributed by atoms with van der Waals surface area (Å²) in [5, 5.41) is 0.640. The molecule has 0 fully saturated rings. The monoisotopic (exact) mass is 364 g/mol. The molecule has 3 heteroatoms. The third-order valence-corrected chi connectivity index (χ3v) is 4.74. The van der Waals surface area contributed by atoms with Crippen molar-refractivity contribution >= 4 is 33.3 Å². The number of Topliss-reactive ketones (excluding diaryl/α,β-unsaturated/α-hetero) is 1. The van der Waals surface area contributed by atoms with Gasteiger partial charge in [-0.1, -0.05) is 83.8 Å². The number of hydrogen-bond acceptors (Lipinski definition) is 1. The molecule has 1 atom stereocenters. The molecule has 110 valence electrons. The highest BCUT2D eigenvalue weighted by atomic mass is 79.9. The molecular formula is C18H18BrClO. The second-order valence-electron chi connectivity index (χ2n) is 5.60. The SMILES string of the molecule is CC(C)CC(Br)(C(=O)c1ccccc1)c1cccc(Cl)c1. The maximum Gasteiger partial charge on any atom is 0.183 e. The van der Waals surface area contributed by atoms with E-state index in [0.29, 0.717) is 22.9 Å². The number of ketones is 1. The third-order valence-electron chi connectivity index (χ3n) is 3.37. The van der Waals surface area contributed by atoms with Crippen LogP contribution in [0.25, 0.3) is 0 Å². The van der Waals surface area contributed by atoms with Crippen LogP contribution >= 0.6 is 27.5 Å². The molecule has 0 saturated carbocycles. The van der Waals surface area contributed by atoms with E-state index in [4.69, 9.17) is 11.6 Å². The zero-order valence-electron chi connectivity index (χ0n) is 12.1. The Balaban J connectivity index is 2.49. The van der Waals surface area contributed by atoms with E-state index in [1.807, 2.05) is 54.6 Å². The van der Waals surface area contributed by atoms with Gasteiger partial charge in [0.2, 0.25) is 0 Å². The fourth-order valence-corrected chi connectivity index (χ4v) is 3.77. The Morgan fingerprint density at radius 1 is 1.14 bits per heavy atom. The van der Waals surface area contributed by atoms with Gasteiger partial charge in [0.1, 0.15) is 4.32 Å². The van der Waals surface area contributed by atoms with E-state index in [1.165, 1.54) is 0 Å². The second kappa shape index (κ2) is 6.76. The minimum atomic E-state index is -0.743. The second-order valence-corrected chi connectivity index (χ2v) is 7.39. The summed E-state index contributed by atoms with van der Waals surface area (Å²) < 4.78 is -0.743. The maximum absolute atomic E-state index is 13.0. The van der Waals surface area contributed by atoms with Crippen molar-refractivity contribution in [3.8, 4) is 0 Å². The van der Waals surface area contributed by atoms with E-state index >= 15 is 0 Å². The average molecular weight is 366 g/mol. The van der Waals surface area contributed by atoms with E-state index in [2.05, 4.69) is 29.8 Å². The molecule has 1 unspecified atom stereocenters. The number of halogens is 2. The van der Waals surface area contributed by atoms with Crippen LogP contribution in [0.1, 0.15) is 36.2 Å². The van der Waals surface area contributed by atoms with Crippen LogP contribution in [-0.2, 0) is 4.32 Å². The fourth-order valence-electron chi connectivity index (χ4n) is 2.46. The summed E-state index contributed by atoms with van der Waals surface area (Å²) in [5.74, 6) is 0.440. The summed E-state index contributed by atoms with van der Waals surface area (Å²) in [7, 11) is 0. The van der Waals surface area contributed by atoms with Crippen LogP contribution in [-0.4, -0.2) is 5.78 Å². The number of rotatable bonds is 5. The first-order valence-electron chi connectivity index (χ1n) is 6.98. The van der Waals surface area contributed by atoms with Crippen molar-refractivity contribution in [2.24, 2.45) is 5.92 Å². The molecule has 2 aromatic rings. The quantitative estimate of drug-likeness (QED) is 0.479. The van der Waals surface area contributed by atoms with Gasteiger partial charge in [-0.2, -0.15) is 0 Å². The van der Waals surface area contributed by atoms with Crippen LogP contribution in [0.2, 0.25) is 5.02 Å². The van der Waals surface area contributed by atoms with Crippen LogP contribution in [0.5, 0.6) is 0 Å². The summed E-state index contributed by atoms with van der Waals surface area (Å²) in [5.41, 5.74) is 1.60. The Hall–Kier alpha value is -1.12. The standard InChI is InChI=1S/C18H18BrClO/c1-13(2)12-18(19,15-9-6-10-16(20)11-15)17(21)14-7-4-3-5-8-14/h3-11,13H,12H2,1-2H3. The molecule has 0 amide bonds. The van der Waals surface area contributed by atoms with Gasteiger partial charge in [0.05, 0.1) is 0 Å². The first-order chi connectivity index (χ1) is 9.93. The van der Waals surface area contributed by atoms with Crippen molar-refractivity contribution in [2.75, 3.05) is 0 Å². The fraction of sp³-hybridized carbons (Fsp3) is 0.278. The van der Waals surface area contributed by atoms with Crippen LogP contribution in [0, 0.1) is 5.92 Å². The lowest BCUT2D eigenvalue weighted by Crippen LogP contribution is -2.31. The largest absolute Gasteiger partial charge is 0.292 e. The Morgan fingerprint density at radius 3 is 2.38 bits per heavy atom. The summed E-state index contributed by atoms with van der Waals surface area (Å²) in [6, 6.07) is 16.9. The molecule has 0 radical (unpaired) electrons. The normalized spacial score (nSPS) is 14.0. The van der Waals surface area contributed by atoms with Gasteiger partial charge in [0, 0.05) is 10.6 Å². The lowest BCUT2D eigenvalue weighted by molar-refractivity contribution is 0.0933. The molecule has 0 saturated heterocycles. The molecular weight excluding hydrogens is 348 g/mol. The average Bonchev–Trinajstić information content (AvgIpc) is 2.46. The van der Waals surface area contributed by atoms with E-state index in [9.17, 15) is 4.79 Å². The van der Waals surface area contributed by atoms with Crippen molar-refractivity contribution in [1.82, 2.24) is 0 Å². The van der Waals surface area contributed by atoms with Crippen molar-refractivity contribution in [2.45, 2.75) is 24.6 Å². The molecule has 0 aliphatic heterocycles. The highest BCUT2D eigenvalue weighted by Gasteiger charge is 2.38. The summed E-state index contributed by atoms with van der Waals surface area (Å²) in [6.07, 6.45) is 0.709. The van der Waals surface area contributed by atoms with Gasteiger partial charge >= 0.3 is 0 Å². The van der Waals surface area contributed by atoms with Crippen molar-refractivity contribution in [1.29, 1.82) is 0 Å². The van der Waals surface area contributed by atoms with Gasteiger partial charge in [-0.15, -0.1) is 0 Å². The Kier molecular flexibility index (Phi) is 5.23. The molecule has 0 aliphatic rings. The van der Waals surface area contributed by atoms with E-state index < -0.39 is 4.32 Å². The lowest BCUT2D eigenvalue weighted by atomic mass is 9.84. The van der Waals surface area contributed by atoms with Gasteiger partial charge in [0.15, 0.2) is 5.78 Å². The Bertz CT molecular complexity index is 624. The molecule has 0 bridgehead atoms. The molecule has 0 spiro atoms. The molecule has 0 aliphatic carbocycles. The highest BCUT2D eigenvalue weighted by Crippen LogP contribution is 2.41. The summed E-state index contributed by atoms with van der Waals surface area (Å²) in [4.78, 5) is 13.0. The third kappa shape index (κ3) is 3.75. The Morgan fingerprint density at radius 2 is 1.81 bits per heavy atom. The lowest BCUT2D eigenvalue weighted by Gasteiger charge is -2.29. The molecule has 21 heavy (non-hydrogen) atoms. The van der Waals surface area contributed by atoms with Gasteiger partial charge in [-0.25, -0.2) is 0 Å². The first-order valence-corrected chi connectivity index (χ1v) is 8.15. The van der Waals surface area contributed by atoms with E-state index in [0.717, 1.165) is 5.56 Å². The number of carbonyl (C=O) groups excluding carboxylic acids is 1. The smallest absolute Gasteiger partial charge is 0.183 e. The van der Waals surface area contributed by atoms with Crippen molar-refractivity contribution in [3.05, 3.63) is 70.7 Å². The minimum absolute atomic E-state index is 0.0686. The summed E-state index contributed by atoms with van der Waals surface area (Å²) >= 11 is 9.83.